The molecular weight excluding hydrogens is 390 g/mol. The Bertz CT molecular complexity index is 776. The molecule has 0 saturated carbocycles. The Balaban J connectivity index is 0.00000147. The van der Waals surface area contributed by atoms with Crippen LogP contribution in [0, 0.1) is 6.08 Å². The third kappa shape index (κ3) is 3.75. The fourth-order valence-corrected chi connectivity index (χ4v) is 2.98. The van der Waals surface area contributed by atoms with E-state index in [9.17, 15) is 0 Å². The van der Waals surface area contributed by atoms with Crippen LogP contribution >= 0.6 is 0 Å². The van der Waals surface area contributed by atoms with Crippen molar-refractivity contribution >= 4 is 11.1 Å². The Kier molecular flexibility index (Phi) is 8.35. The van der Waals surface area contributed by atoms with Crippen molar-refractivity contribution in [1.29, 1.82) is 0 Å². The molecule has 2 aliphatic rings. The smallest absolute Gasteiger partial charge is 1.00 e. The molecule has 0 fully saturated rings. The van der Waals surface area contributed by atoms with Crippen LogP contribution < -0.4 is 35.3 Å². The second-order valence-electron chi connectivity index (χ2n) is 5.73. The number of benzene rings is 1. The van der Waals surface area contributed by atoms with Gasteiger partial charge in [-0.3, -0.25) is 0 Å². The van der Waals surface area contributed by atoms with Crippen molar-refractivity contribution in [3.8, 4) is 0 Å². The summed E-state index contributed by atoms with van der Waals surface area (Å²) in [5.41, 5.74) is 8.14. The van der Waals surface area contributed by atoms with Gasteiger partial charge in [0.2, 0.25) is 0 Å². The maximum absolute atomic E-state index is 3.61. The molecule has 0 bridgehead atoms. The Hall–Kier alpha value is -0.357. The van der Waals surface area contributed by atoms with Gasteiger partial charge >= 0.3 is 26.2 Å². The minimum Gasteiger partial charge on any atom is -1.00 e. The van der Waals surface area contributed by atoms with Gasteiger partial charge in [-0.15, -0.1) is 39.6 Å². The number of rotatable bonds is 1. The second kappa shape index (κ2) is 8.48. The molecule has 0 nitrogen and oxygen atoms in total. The molecule has 0 amide bonds. The predicted octanol–water partition coefficient (Wildman–Crippen LogP) is -2.58. The maximum atomic E-state index is 3.61. The summed E-state index contributed by atoms with van der Waals surface area (Å²) in [6.45, 7) is 8.79. The van der Waals surface area contributed by atoms with Gasteiger partial charge < -0.3 is 24.8 Å². The molecular formula is C19H19Cl2Zr. The number of halogens is 2. The van der Waals surface area contributed by atoms with Gasteiger partial charge in [0.05, 0.1) is 0 Å². The summed E-state index contributed by atoms with van der Waals surface area (Å²) in [5.74, 6) is 0. The first-order chi connectivity index (χ1) is 9.08. The van der Waals surface area contributed by atoms with Crippen LogP contribution in [0.2, 0.25) is 0 Å². The average molecular weight is 409 g/mol. The van der Waals surface area contributed by atoms with Gasteiger partial charge in [-0.2, -0.15) is 0 Å². The van der Waals surface area contributed by atoms with Crippen LogP contribution in [-0.4, -0.2) is 0 Å². The Labute approximate surface area is 164 Å². The van der Waals surface area contributed by atoms with Gasteiger partial charge in [-0.1, -0.05) is 47.6 Å². The molecule has 0 aromatic heterocycles. The number of hydrogen-bond acceptors (Lipinski definition) is 0. The molecule has 22 heavy (non-hydrogen) atoms. The molecule has 0 N–H and O–H groups in total. The molecule has 2 aliphatic carbocycles. The monoisotopic (exact) mass is 407 g/mol. The van der Waals surface area contributed by atoms with Crippen LogP contribution in [0.1, 0.15) is 39.7 Å². The van der Waals surface area contributed by atoms with Crippen LogP contribution in [0.15, 0.2) is 47.1 Å². The SMILES string of the molecule is CC1=CC=C(C2=[C-]c3cccc(=C(C)C)c3=C2C)C1.[Cl-].[Cl-].[Zr+3]. The molecule has 113 valence electrons. The van der Waals surface area contributed by atoms with Crippen LogP contribution in [0.3, 0.4) is 0 Å². The summed E-state index contributed by atoms with van der Waals surface area (Å²) < 4.78 is 0. The molecule has 3 heteroatoms. The Morgan fingerprint density at radius 3 is 2.27 bits per heavy atom. The molecule has 1 radical (unpaired) electrons. The van der Waals surface area contributed by atoms with Gasteiger partial charge in [0.25, 0.3) is 0 Å². The molecule has 0 heterocycles. The summed E-state index contributed by atoms with van der Waals surface area (Å²) in [6, 6.07) is 6.53. The summed E-state index contributed by atoms with van der Waals surface area (Å²) in [7, 11) is 0. The van der Waals surface area contributed by atoms with Crippen LogP contribution in [0.25, 0.3) is 11.1 Å². The van der Waals surface area contributed by atoms with Crippen molar-refractivity contribution in [1.82, 2.24) is 0 Å². The van der Waals surface area contributed by atoms with E-state index in [-0.39, 0.29) is 51.0 Å². The van der Waals surface area contributed by atoms with E-state index in [2.05, 4.69) is 64.1 Å². The predicted molar refractivity (Wildman–Crippen MR) is 81.8 cm³/mol. The second-order valence-corrected chi connectivity index (χ2v) is 5.73. The van der Waals surface area contributed by atoms with E-state index in [1.54, 1.807) is 0 Å². The first kappa shape index (κ1) is 21.6. The molecule has 0 unspecified atom stereocenters. The number of hydrogen-bond donors (Lipinski definition) is 0. The van der Waals surface area contributed by atoms with E-state index in [4.69, 9.17) is 0 Å². The van der Waals surface area contributed by atoms with E-state index in [1.165, 1.54) is 43.9 Å². The van der Waals surface area contributed by atoms with Crippen LogP contribution in [0.4, 0.5) is 0 Å². The minimum atomic E-state index is 0. The van der Waals surface area contributed by atoms with Crippen LogP contribution in [-0.2, 0) is 26.2 Å². The topological polar surface area (TPSA) is 0 Å². The van der Waals surface area contributed by atoms with Crippen molar-refractivity contribution in [3.63, 3.8) is 0 Å². The zero-order valence-corrected chi connectivity index (χ0v) is 17.3. The van der Waals surface area contributed by atoms with Crippen molar-refractivity contribution in [2.45, 2.75) is 34.1 Å². The number of fused-ring (bicyclic) bond motifs is 1. The average Bonchev–Trinajstić information content (AvgIpc) is 2.93. The number of allylic oxidation sites excluding steroid dienone is 5. The van der Waals surface area contributed by atoms with Crippen molar-refractivity contribution < 1.29 is 51.0 Å². The first-order valence-corrected chi connectivity index (χ1v) is 6.86. The summed E-state index contributed by atoms with van der Waals surface area (Å²) in [4.78, 5) is 0. The molecule has 0 aliphatic heterocycles. The van der Waals surface area contributed by atoms with Gasteiger partial charge in [0.1, 0.15) is 0 Å². The fourth-order valence-electron chi connectivity index (χ4n) is 2.98. The van der Waals surface area contributed by atoms with E-state index in [1.807, 2.05) is 0 Å². The van der Waals surface area contributed by atoms with Gasteiger partial charge in [-0.25, -0.2) is 0 Å². The normalized spacial score (nSPS) is 14.7. The van der Waals surface area contributed by atoms with Crippen LogP contribution in [0.5, 0.6) is 0 Å². The summed E-state index contributed by atoms with van der Waals surface area (Å²) in [5, 5.41) is 2.74. The minimum absolute atomic E-state index is 0. The Morgan fingerprint density at radius 1 is 1.05 bits per heavy atom. The fraction of sp³-hybridized carbons (Fsp3) is 0.263. The first-order valence-electron chi connectivity index (χ1n) is 6.86. The molecule has 0 atom stereocenters. The largest absolute Gasteiger partial charge is 3.00 e. The molecule has 0 spiro atoms. The van der Waals surface area contributed by atoms with Gasteiger partial charge in [-0.05, 0) is 27.2 Å². The summed E-state index contributed by atoms with van der Waals surface area (Å²) in [6.07, 6.45) is 9.14. The Morgan fingerprint density at radius 2 is 1.73 bits per heavy atom. The molecule has 1 aromatic rings. The summed E-state index contributed by atoms with van der Waals surface area (Å²) >= 11 is 0. The van der Waals surface area contributed by atoms with Crippen molar-refractivity contribution in [3.05, 3.63) is 69.1 Å². The van der Waals surface area contributed by atoms with Crippen molar-refractivity contribution in [2.75, 3.05) is 0 Å². The van der Waals surface area contributed by atoms with E-state index < -0.39 is 0 Å². The third-order valence-electron chi connectivity index (χ3n) is 3.97. The van der Waals surface area contributed by atoms with Crippen molar-refractivity contribution in [2.24, 2.45) is 0 Å². The maximum Gasteiger partial charge on any atom is 3.00 e. The van der Waals surface area contributed by atoms with Gasteiger partial charge in [0.15, 0.2) is 0 Å². The van der Waals surface area contributed by atoms with Gasteiger partial charge in [0, 0.05) is 0 Å². The van der Waals surface area contributed by atoms with E-state index in [0.717, 1.165) is 6.42 Å². The van der Waals surface area contributed by atoms with E-state index >= 15 is 0 Å². The standard InChI is InChI=1S/C19H19.2ClH.Zr/c1-12(2)17-7-5-6-16-11-18(14(4)19(16)17)15-9-8-13(3)10-15;;;/h5-9H,10H2,1-4H3;2*1H;/q-1;;;+3/p-2. The third-order valence-corrected chi connectivity index (χ3v) is 3.97. The molecule has 3 rings (SSSR count). The quantitative estimate of drug-likeness (QED) is 0.447. The zero-order valence-electron chi connectivity index (χ0n) is 13.3. The zero-order chi connectivity index (χ0) is 13.6. The molecule has 1 aromatic carbocycles. The van der Waals surface area contributed by atoms with E-state index in [0.29, 0.717) is 0 Å². The molecule has 0 saturated heterocycles.